The fourth-order valence-electron chi connectivity index (χ4n) is 1.81. The number of aromatic carboxylic acids is 1. The van der Waals surface area contributed by atoms with Crippen molar-refractivity contribution in [1.82, 2.24) is 4.98 Å². The number of non-ortho nitro benzene ring substituents is 1. The van der Waals surface area contributed by atoms with Crippen molar-refractivity contribution in [2.24, 2.45) is 0 Å². The SMILES string of the molecule is Cc1cc(NCc2ccc([N+](=O)[O-])cc2)c(C(=O)O)cn1. The van der Waals surface area contributed by atoms with Gasteiger partial charge in [-0.1, -0.05) is 12.1 Å². The summed E-state index contributed by atoms with van der Waals surface area (Å²) in [4.78, 5) is 25.2. The molecule has 0 saturated heterocycles. The van der Waals surface area contributed by atoms with Crippen LogP contribution in [0.15, 0.2) is 36.5 Å². The number of pyridine rings is 1. The lowest BCUT2D eigenvalue weighted by molar-refractivity contribution is -0.384. The Hall–Kier alpha value is -2.96. The van der Waals surface area contributed by atoms with Crippen molar-refractivity contribution in [3.8, 4) is 0 Å². The van der Waals surface area contributed by atoms with Gasteiger partial charge in [-0.2, -0.15) is 0 Å². The first-order valence-electron chi connectivity index (χ1n) is 6.14. The molecule has 0 aliphatic heterocycles. The topological polar surface area (TPSA) is 105 Å². The van der Waals surface area contributed by atoms with Crippen LogP contribution in [0.3, 0.4) is 0 Å². The molecule has 0 aliphatic rings. The fraction of sp³-hybridized carbons (Fsp3) is 0.143. The van der Waals surface area contributed by atoms with Crippen LogP contribution < -0.4 is 5.32 Å². The van der Waals surface area contributed by atoms with E-state index in [4.69, 9.17) is 5.11 Å². The Morgan fingerprint density at radius 2 is 2.05 bits per heavy atom. The van der Waals surface area contributed by atoms with Gasteiger partial charge >= 0.3 is 5.97 Å². The average molecular weight is 287 g/mol. The lowest BCUT2D eigenvalue weighted by Crippen LogP contribution is -2.07. The molecular weight excluding hydrogens is 274 g/mol. The summed E-state index contributed by atoms with van der Waals surface area (Å²) in [5.41, 5.74) is 2.08. The number of rotatable bonds is 5. The van der Waals surface area contributed by atoms with Gasteiger partial charge in [-0.05, 0) is 18.6 Å². The van der Waals surface area contributed by atoms with Crippen LogP contribution in [0.1, 0.15) is 21.6 Å². The molecule has 0 unspecified atom stereocenters. The van der Waals surface area contributed by atoms with E-state index in [9.17, 15) is 14.9 Å². The van der Waals surface area contributed by atoms with Gasteiger partial charge in [-0.3, -0.25) is 15.1 Å². The molecule has 1 aromatic carbocycles. The molecule has 0 amide bonds. The number of carboxylic acid groups (broad SMARTS) is 1. The fourth-order valence-corrected chi connectivity index (χ4v) is 1.81. The van der Waals surface area contributed by atoms with Gasteiger partial charge in [-0.15, -0.1) is 0 Å². The minimum atomic E-state index is -1.06. The van der Waals surface area contributed by atoms with E-state index in [1.165, 1.54) is 18.3 Å². The summed E-state index contributed by atoms with van der Waals surface area (Å²) in [5.74, 6) is -1.06. The number of nitro benzene ring substituents is 1. The number of nitrogens with one attached hydrogen (secondary N) is 1. The van der Waals surface area contributed by atoms with Crippen LogP contribution in [0.2, 0.25) is 0 Å². The quantitative estimate of drug-likeness (QED) is 0.646. The van der Waals surface area contributed by atoms with Crippen molar-refractivity contribution in [3.05, 3.63) is 63.5 Å². The van der Waals surface area contributed by atoms with E-state index >= 15 is 0 Å². The van der Waals surface area contributed by atoms with Crippen molar-refractivity contribution >= 4 is 17.3 Å². The molecule has 7 nitrogen and oxygen atoms in total. The zero-order valence-electron chi connectivity index (χ0n) is 11.2. The van der Waals surface area contributed by atoms with Crippen molar-refractivity contribution in [2.45, 2.75) is 13.5 Å². The van der Waals surface area contributed by atoms with Gasteiger partial charge < -0.3 is 10.4 Å². The maximum Gasteiger partial charge on any atom is 0.339 e. The van der Waals surface area contributed by atoms with Crippen LogP contribution >= 0.6 is 0 Å². The summed E-state index contributed by atoms with van der Waals surface area (Å²) < 4.78 is 0. The van der Waals surface area contributed by atoms with Crippen LogP contribution in [0.4, 0.5) is 11.4 Å². The second-order valence-corrected chi connectivity index (χ2v) is 4.45. The molecule has 2 rings (SSSR count). The van der Waals surface area contributed by atoms with Gasteiger partial charge in [0.15, 0.2) is 0 Å². The summed E-state index contributed by atoms with van der Waals surface area (Å²) in [6.45, 7) is 2.13. The van der Waals surface area contributed by atoms with Crippen LogP contribution in [0.25, 0.3) is 0 Å². The van der Waals surface area contributed by atoms with E-state index in [1.807, 2.05) is 0 Å². The number of hydrogen-bond acceptors (Lipinski definition) is 5. The molecule has 1 heterocycles. The Labute approximate surface area is 120 Å². The standard InChI is InChI=1S/C14H13N3O4/c1-9-6-13(12(8-15-9)14(18)19)16-7-10-2-4-11(5-3-10)17(20)21/h2-6,8H,7H2,1H3,(H,15,16)(H,18,19). The molecule has 2 N–H and O–H groups in total. The molecule has 0 fully saturated rings. The molecular formula is C14H13N3O4. The number of hydrogen-bond donors (Lipinski definition) is 2. The van der Waals surface area contributed by atoms with E-state index in [0.29, 0.717) is 17.9 Å². The Morgan fingerprint density at radius 1 is 1.38 bits per heavy atom. The van der Waals surface area contributed by atoms with E-state index in [-0.39, 0.29) is 11.3 Å². The highest BCUT2D eigenvalue weighted by Crippen LogP contribution is 2.18. The summed E-state index contributed by atoms with van der Waals surface area (Å²) in [6, 6.07) is 7.72. The molecule has 7 heteroatoms. The molecule has 0 saturated carbocycles. The second kappa shape index (κ2) is 6.00. The van der Waals surface area contributed by atoms with E-state index in [2.05, 4.69) is 10.3 Å². The zero-order valence-corrected chi connectivity index (χ0v) is 11.2. The van der Waals surface area contributed by atoms with Gasteiger partial charge in [0.1, 0.15) is 5.56 Å². The van der Waals surface area contributed by atoms with Crippen LogP contribution in [-0.4, -0.2) is 21.0 Å². The molecule has 0 radical (unpaired) electrons. The molecule has 0 atom stereocenters. The predicted molar refractivity (Wildman–Crippen MR) is 76.4 cm³/mol. The highest BCUT2D eigenvalue weighted by atomic mass is 16.6. The number of anilines is 1. The molecule has 0 aliphatic carbocycles. The van der Waals surface area contributed by atoms with Gasteiger partial charge in [0.25, 0.3) is 5.69 Å². The summed E-state index contributed by atoms with van der Waals surface area (Å²) in [6.07, 6.45) is 1.30. The maximum atomic E-state index is 11.1. The minimum Gasteiger partial charge on any atom is -0.478 e. The highest BCUT2D eigenvalue weighted by molar-refractivity contribution is 5.93. The number of aromatic nitrogens is 1. The Kier molecular flexibility index (Phi) is 4.13. The first-order valence-corrected chi connectivity index (χ1v) is 6.14. The van der Waals surface area contributed by atoms with Crippen molar-refractivity contribution < 1.29 is 14.8 Å². The molecule has 21 heavy (non-hydrogen) atoms. The Morgan fingerprint density at radius 3 is 2.62 bits per heavy atom. The molecule has 0 spiro atoms. The number of nitrogens with zero attached hydrogens (tertiary/aromatic N) is 2. The minimum absolute atomic E-state index is 0.0183. The van der Waals surface area contributed by atoms with E-state index in [0.717, 1.165) is 5.56 Å². The summed E-state index contributed by atoms with van der Waals surface area (Å²) >= 11 is 0. The lowest BCUT2D eigenvalue weighted by atomic mass is 10.1. The monoisotopic (exact) mass is 287 g/mol. The number of carboxylic acids is 1. The summed E-state index contributed by atoms with van der Waals surface area (Å²) in [7, 11) is 0. The van der Waals surface area contributed by atoms with Gasteiger partial charge in [0, 0.05) is 30.6 Å². The number of nitro groups is 1. The van der Waals surface area contributed by atoms with Crippen molar-refractivity contribution in [2.75, 3.05) is 5.32 Å². The number of carbonyl (C=O) groups is 1. The first-order chi connectivity index (χ1) is 9.97. The zero-order chi connectivity index (χ0) is 15.4. The third kappa shape index (κ3) is 3.53. The van der Waals surface area contributed by atoms with E-state index in [1.54, 1.807) is 25.1 Å². The first kappa shape index (κ1) is 14.4. The third-order valence-corrected chi connectivity index (χ3v) is 2.90. The highest BCUT2D eigenvalue weighted by Gasteiger charge is 2.11. The number of benzene rings is 1. The van der Waals surface area contributed by atoms with Gasteiger partial charge in [0.05, 0.1) is 10.6 Å². The third-order valence-electron chi connectivity index (χ3n) is 2.90. The molecule has 1 aromatic heterocycles. The van der Waals surface area contributed by atoms with Gasteiger partial charge in [0.2, 0.25) is 0 Å². The van der Waals surface area contributed by atoms with Crippen LogP contribution in [0.5, 0.6) is 0 Å². The maximum absolute atomic E-state index is 11.1. The van der Waals surface area contributed by atoms with Crippen molar-refractivity contribution in [1.29, 1.82) is 0 Å². The Bertz CT molecular complexity index is 683. The van der Waals surface area contributed by atoms with Gasteiger partial charge in [-0.25, -0.2) is 4.79 Å². The van der Waals surface area contributed by atoms with E-state index < -0.39 is 10.9 Å². The normalized spacial score (nSPS) is 10.1. The van der Waals surface area contributed by atoms with Crippen molar-refractivity contribution in [3.63, 3.8) is 0 Å². The lowest BCUT2D eigenvalue weighted by Gasteiger charge is -2.10. The largest absolute Gasteiger partial charge is 0.478 e. The van der Waals surface area contributed by atoms with Crippen LogP contribution in [-0.2, 0) is 6.54 Å². The molecule has 2 aromatic rings. The Balaban J connectivity index is 2.14. The van der Waals surface area contributed by atoms with Crippen LogP contribution in [0, 0.1) is 17.0 Å². The molecule has 0 bridgehead atoms. The average Bonchev–Trinajstić information content (AvgIpc) is 2.45. The summed E-state index contributed by atoms with van der Waals surface area (Å²) in [5, 5.41) is 22.7. The second-order valence-electron chi connectivity index (χ2n) is 4.45. The smallest absolute Gasteiger partial charge is 0.339 e. The predicted octanol–water partition coefficient (Wildman–Crippen LogP) is 2.61. The molecule has 108 valence electrons. The number of aryl methyl sites for hydroxylation is 1.